The van der Waals surface area contributed by atoms with Crippen molar-refractivity contribution >= 4 is 38.9 Å². The molecule has 1 heterocycles. The highest BCUT2D eigenvalue weighted by Crippen LogP contribution is 2.30. The Morgan fingerprint density at radius 3 is 2.52 bits per heavy atom. The van der Waals surface area contributed by atoms with E-state index in [0.29, 0.717) is 23.6 Å². The molecule has 21 heavy (non-hydrogen) atoms. The number of hydrogen-bond donors (Lipinski definition) is 2. The van der Waals surface area contributed by atoms with Gasteiger partial charge in [-0.05, 0) is 38.3 Å². The maximum Gasteiger partial charge on any atom is 0.306 e. The van der Waals surface area contributed by atoms with Crippen molar-refractivity contribution in [2.24, 2.45) is 5.92 Å². The fourth-order valence-electron chi connectivity index (χ4n) is 1.80. The van der Waals surface area contributed by atoms with Crippen molar-refractivity contribution in [2.45, 2.75) is 50.3 Å². The number of rotatable bonds is 8. The lowest BCUT2D eigenvalue weighted by atomic mass is 10.0. The number of halogens is 1. The summed E-state index contributed by atoms with van der Waals surface area (Å²) in [4.78, 5) is 10.7. The normalized spacial score (nSPS) is 14.9. The molecule has 120 valence electrons. The Morgan fingerprint density at radius 1 is 1.43 bits per heavy atom. The van der Waals surface area contributed by atoms with Gasteiger partial charge in [0, 0.05) is 6.04 Å². The summed E-state index contributed by atoms with van der Waals surface area (Å²) in [5, 5.41) is 8.79. The predicted octanol–water partition coefficient (Wildman–Crippen LogP) is 3.27. The number of aryl methyl sites for hydroxylation is 1. The minimum Gasteiger partial charge on any atom is -0.481 e. The molecular formula is C13H20ClNO4S2. The van der Waals surface area contributed by atoms with Gasteiger partial charge in [0.1, 0.15) is 4.21 Å². The summed E-state index contributed by atoms with van der Waals surface area (Å²) < 4.78 is 27.6. The van der Waals surface area contributed by atoms with Gasteiger partial charge in [-0.3, -0.25) is 4.79 Å². The van der Waals surface area contributed by atoms with Crippen molar-refractivity contribution in [3.8, 4) is 0 Å². The highest BCUT2D eigenvalue weighted by molar-refractivity contribution is 7.91. The van der Waals surface area contributed by atoms with Gasteiger partial charge in [0.05, 0.1) is 10.3 Å². The van der Waals surface area contributed by atoms with Crippen molar-refractivity contribution in [1.29, 1.82) is 0 Å². The molecule has 0 amide bonds. The van der Waals surface area contributed by atoms with E-state index in [0.717, 1.165) is 16.9 Å². The van der Waals surface area contributed by atoms with Crippen LogP contribution in [0, 0.1) is 12.8 Å². The second-order valence-corrected chi connectivity index (χ2v) is 8.81. The van der Waals surface area contributed by atoms with Crippen LogP contribution in [0.25, 0.3) is 0 Å². The highest BCUT2D eigenvalue weighted by atomic mass is 35.5. The summed E-state index contributed by atoms with van der Waals surface area (Å²) in [6, 6.07) is 1.30. The van der Waals surface area contributed by atoms with Gasteiger partial charge in [-0.1, -0.05) is 24.9 Å². The van der Waals surface area contributed by atoms with Crippen LogP contribution in [0.4, 0.5) is 0 Å². The minimum atomic E-state index is -3.56. The van der Waals surface area contributed by atoms with E-state index in [9.17, 15) is 13.2 Å². The average molecular weight is 354 g/mol. The number of carboxylic acid groups (broad SMARTS) is 1. The number of hydrogen-bond acceptors (Lipinski definition) is 4. The monoisotopic (exact) mass is 353 g/mol. The molecule has 1 aromatic heterocycles. The lowest BCUT2D eigenvalue weighted by molar-refractivity contribution is -0.141. The SMILES string of the molecule is Cc1cc(S(=O)(=O)NC(C)CCCC(C)C(=O)O)sc1Cl. The van der Waals surface area contributed by atoms with Crippen LogP contribution in [0.2, 0.25) is 4.34 Å². The van der Waals surface area contributed by atoms with E-state index in [2.05, 4.69) is 4.72 Å². The molecule has 0 fully saturated rings. The van der Waals surface area contributed by atoms with E-state index in [1.165, 1.54) is 0 Å². The fourth-order valence-corrected chi connectivity index (χ4v) is 4.80. The van der Waals surface area contributed by atoms with Crippen molar-refractivity contribution in [2.75, 3.05) is 0 Å². The Balaban J connectivity index is 2.53. The Bertz CT molecular complexity index is 578. The van der Waals surface area contributed by atoms with Gasteiger partial charge in [0.15, 0.2) is 0 Å². The van der Waals surface area contributed by atoms with E-state index < -0.39 is 21.9 Å². The number of carbonyl (C=O) groups is 1. The Kier molecular flexibility index (Phi) is 6.65. The van der Waals surface area contributed by atoms with E-state index in [-0.39, 0.29) is 10.3 Å². The van der Waals surface area contributed by atoms with Crippen LogP contribution in [-0.2, 0) is 14.8 Å². The predicted molar refractivity (Wildman–Crippen MR) is 84.5 cm³/mol. The van der Waals surface area contributed by atoms with Gasteiger partial charge in [-0.2, -0.15) is 0 Å². The molecule has 2 unspecified atom stereocenters. The third-order valence-electron chi connectivity index (χ3n) is 3.15. The first-order valence-corrected chi connectivity index (χ1v) is 9.32. The topological polar surface area (TPSA) is 83.5 Å². The summed E-state index contributed by atoms with van der Waals surface area (Å²) in [7, 11) is -3.56. The number of aliphatic carboxylic acids is 1. The molecule has 8 heteroatoms. The van der Waals surface area contributed by atoms with Crippen LogP contribution in [-0.4, -0.2) is 25.5 Å². The standard InChI is InChI=1S/C13H20ClNO4S2/c1-8(13(16)17)5-4-6-10(3)15-21(18,19)11-7-9(2)12(14)20-11/h7-8,10,15H,4-6H2,1-3H3,(H,16,17). The molecule has 0 saturated carbocycles. The second kappa shape index (κ2) is 7.58. The van der Waals surface area contributed by atoms with E-state index in [4.69, 9.17) is 16.7 Å². The molecule has 2 N–H and O–H groups in total. The Morgan fingerprint density at radius 2 is 2.05 bits per heavy atom. The molecular weight excluding hydrogens is 334 g/mol. The Hall–Kier alpha value is -0.630. The third kappa shape index (κ3) is 5.58. The van der Waals surface area contributed by atoms with Gasteiger partial charge in [0.25, 0.3) is 0 Å². The zero-order chi connectivity index (χ0) is 16.2. The van der Waals surface area contributed by atoms with Crippen LogP contribution in [0.3, 0.4) is 0 Å². The zero-order valence-corrected chi connectivity index (χ0v) is 14.6. The highest BCUT2D eigenvalue weighted by Gasteiger charge is 2.21. The average Bonchev–Trinajstić information content (AvgIpc) is 2.69. The smallest absolute Gasteiger partial charge is 0.306 e. The molecule has 0 aromatic carbocycles. The maximum atomic E-state index is 12.2. The molecule has 5 nitrogen and oxygen atoms in total. The van der Waals surface area contributed by atoms with Crippen molar-refractivity contribution < 1.29 is 18.3 Å². The molecule has 0 saturated heterocycles. The second-order valence-electron chi connectivity index (χ2n) is 5.21. The van der Waals surface area contributed by atoms with E-state index in [1.54, 1.807) is 26.8 Å². The molecule has 1 rings (SSSR count). The van der Waals surface area contributed by atoms with Crippen molar-refractivity contribution in [1.82, 2.24) is 4.72 Å². The molecule has 0 radical (unpaired) electrons. The van der Waals surface area contributed by atoms with Crippen molar-refractivity contribution in [3.05, 3.63) is 16.0 Å². The van der Waals surface area contributed by atoms with Gasteiger partial charge < -0.3 is 5.11 Å². The maximum absolute atomic E-state index is 12.2. The van der Waals surface area contributed by atoms with E-state index in [1.807, 2.05) is 0 Å². The first-order chi connectivity index (χ1) is 9.63. The molecule has 0 aliphatic heterocycles. The lowest BCUT2D eigenvalue weighted by Gasteiger charge is -2.14. The first kappa shape index (κ1) is 18.4. The summed E-state index contributed by atoms with van der Waals surface area (Å²) in [5.74, 6) is -1.24. The molecule has 0 bridgehead atoms. The number of nitrogens with one attached hydrogen (secondary N) is 1. The quantitative estimate of drug-likeness (QED) is 0.751. The number of carboxylic acids is 1. The van der Waals surface area contributed by atoms with Crippen LogP contribution >= 0.6 is 22.9 Å². The Labute approximate surface area is 134 Å². The zero-order valence-electron chi connectivity index (χ0n) is 12.2. The van der Waals surface area contributed by atoms with E-state index >= 15 is 0 Å². The number of sulfonamides is 1. The van der Waals surface area contributed by atoms with Crippen LogP contribution in [0.1, 0.15) is 38.7 Å². The van der Waals surface area contributed by atoms with Crippen LogP contribution in [0.5, 0.6) is 0 Å². The van der Waals surface area contributed by atoms with Crippen LogP contribution in [0.15, 0.2) is 10.3 Å². The molecule has 0 aliphatic rings. The third-order valence-corrected chi connectivity index (χ3v) is 6.77. The molecule has 0 aliphatic carbocycles. The number of thiophene rings is 1. The molecule has 1 aromatic rings. The largest absolute Gasteiger partial charge is 0.481 e. The van der Waals surface area contributed by atoms with Gasteiger partial charge in [-0.15, -0.1) is 11.3 Å². The summed E-state index contributed by atoms with van der Waals surface area (Å²) in [6.07, 6.45) is 1.78. The van der Waals surface area contributed by atoms with Crippen molar-refractivity contribution in [3.63, 3.8) is 0 Å². The molecule has 2 atom stereocenters. The molecule has 0 spiro atoms. The minimum absolute atomic E-state index is 0.204. The summed E-state index contributed by atoms with van der Waals surface area (Å²) in [5.41, 5.74) is 0.741. The summed E-state index contributed by atoms with van der Waals surface area (Å²) >= 11 is 6.92. The summed E-state index contributed by atoms with van der Waals surface area (Å²) in [6.45, 7) is 5.17. The first-order valence-electron chi connectivity index (χ1n) is 6.64. The van der Waals surface area contributed by atoms with Gasteiger partial charge >= 0.3 is 5.97 Å². The van der Waals surface area contributed by atoms with Gasteiger partial charge in [-0.25, -0.2) is 13.1 Å². The lowest BCUT2D eigenvalue weighted by Crippen LogP contribution is -2.32. The van der Waals surface area contributed by atoms with Gasteiger partial charge in [0.2, 0.25) is 10.0 Å². The fraction of sp³-hybridized carbons (Fsp3) is 0.615. The van der Waals surface area contributed by atoms with Crippen LogP contribution < -0.4 is 4.72 Å².